The Labute approximate surface area is 111 Å². The number of fused-ring (bicyclic) bond motifs is 1. The summed E-state index contributed by atoms with van der Waals surface area (Å²) >= 11 is 9.40. The number of hydrogen-bond acceptors (Lipinski definition) is 3. The molecule has 0 spiro atoms. The van der Waals surface area contributed by atoms with Crippen LogP contribution in [-0.2, 0) is 4.79 Å². The van der Waals surface area contributed by atoms with Gasteiger partial charge in [-0.25, -0.2) is 9.50 Å². The van der Waals surface area contributed by atoms with Gasteiger partial charge in [0.1, 0.15) is 5.15 Å². The van der Waals surface area contributed by atoms with Gasteiger partial charge in [-0.3, -0.25) is 4.79 Å². The van der Waals surface area contributed by atoms with Gasteiger partial charge in [-0.1, -0.05) is 11.6 Å². The number of halogens is 2. The first kappa shape index (κ1) is 12.3. The molecule has 2 rings (SSSR count). The zero-order chi connectivity index (χ0) is 12.7. The Bertz CT molecular complexity index is 611. The van der Waals surface area contributed by atoms with Gasteiger partial charge in [-0.2, -0.15) is 5.10 Å². The van der Waals surface area contributed by atoms with E-state index in [4.69, 9.17) is 16.7 Å². The average Bonchev–Trinajstić information content (AvgIpc) is 2.55. The normalized spacial score (nSPS) is 12.9. The molecule has 0 aliphatic heterocycles. The second kappa shape index (κ2) is 4.27. The van der Waals surface area contributed by atoms with E-state index < -0.39 is 11.9 Å². The summed E-state index contributed by atoms with van der Waals surface area (Å²) < 4.78 is 2.19. The first-order valence-electron chi connectivity index (χ1n) is 4.86. The third-order valence-electron chi connectivity index (χ3n) is 2.48. The molecule has 0 amide bonds. The van der Waals surface area contributed by atoms with Gasteiger partial charge >= 0.3 is 5.97 Å². The summed E-state index contributed by atoms with van der Waals surface area (Å²) in [6, 6.07) is 1.52. The van der Waals surface area contributed by atoms with Gasteiger partial charge in [-0.05, 0) is 35.8 Å². The lowest BCUT2D eigenvalue weighted by atomic mass is 10.1. The molecular formula is C10H9BrClN3O2. The highest BCUT2D eigenvalue weighted by atomic mass is 79.9. The molecule has 2 heterocycles. The van der Waals surface area contributed by atoms with E-state index in [-0.39, 0.29) is 0 Å². The number of carbonyl (C=O) groups is 1. The number of aromatic nitrogens is 3. The van der Waals surface area contributed by atoms with Gasteiger partial charge in [0.25, 0.3) is 0 Å². The van der Waals surface area contributed by atoms with Crippen molar-refractivity contribution in [2.24, 2.45) is 0 Å². The van der Waals surface area contributed by atoms with E-state index in [2.05, 4.69) is 26.0 Å². The summed E-state index contributed by atoms with van der Waals surface area (Å²) in [5.74, 6) is -1.65. The molecule has 2 aromatic rings. The number of carboxylic acids is 1. The topological polar surface area (TPSA) is 67.5 Å². The summed E-state index contributed by atoms with van der Waals surface area (Å²) in [6.07, 6.45) is 0. The molecule has 90 valence electrons. The van der Waals surface area contributed by atoms with Crippen LogP contribution in [0.3, 0.4) is 0 Å². The van der Waals surface area contributed by atoms with Crippen LogP contribution in [0.1, 0.15) is 24.2 Å². The molecule has 0 fully saturated rings. The van der Waals surface area contributed by atoms with Gasteiger partial charge < -0.3 is 5.11 Å². The van der Waals surface area contributed by atoms with Crippen LogP contribution >= 0.6 is 27.5 Å². The summed E-state index contributed by atoms with van der Waals surface area (Å²) in [6.45, 7) is 3.38. The van der Waals surface area contributed by atoms with Crippen LogP contribution < -0.4 is 0 Å². The Morgan fingerprint density at radius 1 is 1.65 bits per heavy atom. The van der Waals surface area contributed by atoms with Crippen molar-refractivity contribution in [2.45, 2.75) is 19.8 Å². The molecule has 2 aromatic heterocycles. The lowest BCUT2D eigenvalue weighted by Gasteiger charge is -2.07. The minimum absolute atomic E-state index is 0.340. The molecule has 7 heteroatoms. The SMILES string of the molecule is Cc1nn2c(Cl)cc(C(C)C(=O)O)nc2c1Br. The van der Waals surface area contributed by atoms with Gasteiger partial charge in [-0.15, -0.1) is 0 Å². The number of hydrogen-bond donors (Lipinski definition) is 1. The highest BCUT2D eigenvalue weighted by Crippen LogP contribution is 2.26. The van der Waals surface area contributed by atoms with Crippen LogP contribution in [0.15, 0.2) is 10.5 Å². The fraction of sp³-hybridized carbons (Fsp3) is 0.300. The third-order valence-corrected chi connectivity index (χ3v) is 3.68. The number of rotatable bonds is 2. The van der Waals surface area contributed by atoms with Gasteiger partial charge in [0.05, 0.1) is 21.8 Å². The van der Waals surface area contributed by atoms with Crippen molar-refractivity contribution in [3.05, 3.63) is 27.1 Å². The molecule has 17 heavy (non-hydrogen) atoms. The quantitative estimate of drug-likeness (QED) is 0.864. The van der Waals surface area contributed by atoms with Crippen LogP contribution in [0.5, 0.6) is 0 Å². The molecule has 0 aliphatic carbocycles. The van der Waals surface area contributed by atoms with Crippen molar-refractivity contribution in [1.29, 1.82) is 0 Å². The van der Waals surface area contributed by atoms with E-state index in [1.165, 1.54) is 10.6 Å². The maximum Gasteiger partial charge on any atom is 0.312 e. The Balaban J connectivity index is 2.69. The molecular weight excluding hydrogens is 309 g/mol. The summed E-state index contributed by atoms with van der Waals surface area (Å²) in [7, 11) is 0. The van der Waals surface area contributed by atoms with Crippen LogP contribution in [-0.4, -0.2) is 25.7 Å². The maximum atomic E-state index is 10.9. The van der Waals surface area contributed by atoms with Gasteiger partial charge in [0.15, 0.2) is 5.65 Å². The first-order chi connectivity index (χ1) is 7.91. The molecule has 1 N–H and O–H groups in total. The van der Waals surface area contributed by atoms with Crippen molar-refractivity contribution in [3.63, 3.8) is 0 Å². The third kappa shape index (κ3) is 2.02. The van der Waals surface area contributed by atoms with Crippen molar-refractivity contribution < 1.29 is 9.90 Å². The predicted octanol–water partition coefficient (Wildman–Crippen LogP) is 2.64. The molecule has 1 atom stereocenters. The predicted molar refractivity (Wildman–Crippen MR) is 66.5 cm³/mol. The standard InChI is InChI=1S/C10H9BrClN3O2/c1-4(10(16)17)6-3-7(12)15-9(13-6)8(11)5(2)14-15/h3-4H,1-2H3,(H,16,17). The fourth-order valence-corrected chi connectivity index (χ4v) is 1.99. The van der Waals surface area contributed by atoms with E-state index >= 15 is 0 Å². The van der Waals surface area contributed by atoms with E-state index in [0.29, 0.717) is 16.5 Å². The zero-order valence-electron chi connectivity index (χ0n) is 9.11. The van der Waals surface area contributed by atoms with Gasteiger partial charge in [0.2, 0.25) is 0 Å². The largest absolute Gasteiger partial charge is 0.481 e. The second-order valence-corrected chi connectivity index (χ2v) is 4.88. The highest BCUT2D eigenvalue weighted by molar-refractivity contribution is 9.10. The molecule has 0 saturated carbocycles. The Kier molecular flexibility index (Phi) is 3.09. The summed E-state index contributed by atoms with van der Waals surface area (Å²) in [5.41, 5.74) is 1.69. The van der Waals surface area contributed by atoms with Crippen LogP contribution in [0.25, 0.3) is 5.65 Å². The van der Waals surface area contributed by atoms with Crippen LogP contribution in [0, 0.1) is 6.92 Å². The van der Waals surface area contributed by atoms with Crippen molar-refractivity contribution in [2.75, 3.05) is 0 Å². The van der Waals surface area contributed by atoms with E-state index in [0.717, 1.165) is 10.2 Å². The highest BCUT2D eigenvalue weighted by Gasteiger charge is 2.19. The monoisotopic (exact) mass is 317 g/mol. The number of aliphatic carboxylic acids is 1. The Hall–Kier alpha value is -1.14. The lowest BCUT2D eigenvalue weighted by Crippen LogP contribution is -2.10. The molecule has 0 aliphatic rings. The average molecular weight is 319 g/mol. The summed E-state index contributed by atoms with van der Waals surface area (Å²) in [5, 5.41) is 13.5. The maximum absolute atomic E-state index is 10.9. The number of aryl methyl sites for hydroxylation is 1. The van der Waals surface area contributed by atoms with Crippen molar-refractivity contribution >= 4 is 39.1 Å². The molecule has 0 radical (unpaired) electrons. The first-order valence-corrected chi connectivity index (χ1v) is 6.03. The molecule has 5 nitrogen and oxygen atoms in total. The van der Waals surface area contributed by atoms with E-state index in [1.807, 2.05) is 6.92 Å². The summed E-state index contributed by atoms with van der Waals surface area (Å²) in [4.78, 5) is 15.2. The zero-order valence-corrected chi connectivity index (χ0v) is 11.4. The number of carboxylic acid groups (broad SMARTS) is 1. The van der Waals surface area contributed by atoms with Crippen LogP contribution in [0.2, 0.25) is 5.15 Å². The van der Waals surface area contributed by atoms with E-state index in [9.17, 15) is 4.79 Å². The molecule has 1 unspecified atom stereocenters. The van der Waals surface area contributed by atoms with Gasteiger partial charge in [0, 0.05) is 0 Å². The van der Waals surface area contributed by atoms with Crippen molar-refractivity contribution in [3.8, 4) is 0 Å². The lowest BCUT2D eigenvalue weighted by molar-refractivity contribution is -0.138. The molecule has 0 bridgehead atoms. The fourth-order valence-electron chi connectivity index (χ4n) is 1.43. The molecule has 0 saturated heterocycles. The van der Waals surface area contributed by atoms with Crippen molar-refractivity contribution in [1.82, 2.24) is 14.6 Å². The minimum Gasteiger partial charge on any atom is -0.481 e. The molecule has 0 aromatic carbocycles. The number of nitrogens with zero attached hydrogens (tertiary/aromatic N) is 3. The smallest absolute Gasteiger partial charge is 0.312 e. The van der Waals surface area contributed by atoms with Crippen LogP contribution in [0.4, 0.5) is 0 Å². The Morgan fingerprint density at radius 3 is 2.88 bits per heavy atom. The second-order valence-electron chi connectivity index (χ2n) is 3.70. The minimum atomic E-state index is -0.940. The van der Waals surface area contributed by atoms with E-state index in [1.54, 1.807) is 6.92 Å². The Morgan fingerprint density at radius 2 is 2.29 bits per heavy atom.